The first-order chi connectivity index (χ1) is 16.5. The summed E-state index contributed by atoms with van der Waals surface area (Å²) in [5.41, 5.74) is 3.56. The lowest BCUT2D eigenvalue weighted by molar-refractivity contribution is -0.138. The highest BCUT2D eigenvalue weighted by molar-refractivity contribution is 6.02. The fourth-order valence-electron chi connectivity index (χ4n) is 5.85. The lowest BCUT2D eigenvalue weighted by Crippen LogP contribution is -2.51. The number of hydrogen-bond donors (Lipinski definition) is 0. The van der Waals surface area contributed by atoms with Gasteiger partial charge in [0.1, 0.15) is 0 Å². The molecule has 6 heteroatoms. The Balaban J connectivity index is 1.72. The van der Waals surface area contributed by atoms with Crippen LogP contribution in [-0.4, -0.2) is 59.0 Å². The average Bonchev–Trinajstić information content (AvgIpc) is 3.19. The normalized spacial score (nSPS) is 22.8. The zero-order valence-electron chi connectivity index (χ0n) is 20.2. The van der Waals surface area contributed by atoms with Crippen molar-refractivity contribution in [2.45, 2.75) is 44.2 Å². The number of hydrogen-bond acceptors (Lipinski definition) is 3. The molecule has 6 nitrogen and oxygen atoms in total. The van der Waals surface area contributed by atoms with Gasteiger partial charge in [-0.2, -0.15) is 0 Å². The number of aryl methyl sites for hydroxylation is 1. The van der Waals surface area contributed by atoms with Crippen LogP contribution in [0.4, 0.5) is 0 Å². The second-order valence-corrected chi connectivity index (χ2v) is 9.59. The molecule has 178 valence electrons. The van der Waals surface area contributed by atoms with Crippen molar-refractivity contribution in [3.8, 4) is 0 Å². The number of ether oxygens (including phenoxy) is 1. The van der Waals surface area contributed by atoms with Crippen molar-refractivity contribution < 1.29 is 14.3 Å². The number of carbonyl (C=O) groups is 2. The number of carbonyl (C=O) groups excluding carboxylic acids is 2. The molecule has 0 spiro atoms. The molecule has 1 aromatic heterocycles. The lowest BCUT2D eigenvalue weighted by atomic mass is 9.78. The first kappa shape index (κ1) is 22.7. The third-order valence-corrected chi connectivity index (χ3v) is 7.57. The van der Waals surface area contributed by atoms with E-state index in [2.05, 4.69) is 29.8 Å². The van der Waals surface area contributed by atoms with Crippen LogP contribution in [0, 0.1) is 0 Å². The van der Waals surface area contributed by atoms with E-state index in [9.17, 15) is 9.59 Å². The van der Waals surface area contributed by atoms with E-state index in [1.807, 2.05) is 53.2 Å². The Morgan fingerprint density at radius 3 is 2.62 bits per heavy atom. The molecule has 0 N–H and O–H groups in total. The molecular formula is C28H33N3O3. The summed E-state index contributed by atoms with van der Waals surface area (Å²) in [7, 11) is 3.67. The quantitative estimate of drug-likeness (QED) is 0.564. The van der Waals surface area contributed by atoms with Crippen molar-refractivity contribution >= 4 is 22.7 Å². The molecule has 0 bridgehead atoms. The minimum atomic E-state index is -0.461. The molecule has 2 aromatic carbocycles. The molecule has 2 aliphatic rings. The number of fused-ring (bicyclic) bond motifs is 2. The van der Waals surface area contributed by atoms with E-state index in [1.165, 1.54) is 0 Å². The summed E-state index contributed by atoms with van der Waals surface area (Å²) in [5, 5.41) is 1.08. The molecule has 3 unspecified atom stereocenters. The predicted octanol–water partition coefficient (Wildman–Crippen LogP) is 4.51. The van der Waals surface area contributed by atoms with E-state index in [0.717, 1.165) is 47.8 Å². The van der Waals surface area contributed by atoms with Crippen molar-refractivity contribution in [2.24, 2.45) is 7.05 Å². The van der Waals surface area contributed by atoms with E-state index in [1.54, 1.807) is 7.11 Å². The van der Waals surface area contributed by atoms with Crippen molar-refractivity contribution in [3.63, 3.8) is 0 Å². The first-order valence-corrected chi connectivity index (χ1v) is 12.3. The number of piperidine rings is 1. The van der Waals surface area contributed by atoms with E-state index >= 15 is 0 Å². The third kappa shape index (κ3) is 3.70. The van der Waals surface area contributed by atoms with Crippen LogP contribution < -0.4 is 0 Å². The Hall–Kier alpha value is -3.12. The van der Waals surface area contributed by atoms with Gasteiger partial charge in [-0.15, -0.1) is 0 Å². The zero-order chi connectivity index (χ0) is 23.8. The fourth-order valence-corrected chi connectivity index (χ4v) is 5.85. The van der Waals surface area contributed by atoms with Crippen molar-refractivity contribution in [3.05, 3.63) is 71.4 Å². The standard InChI is InChI=1S/C28H33N3O3/c1-19-10-8-9-15-30(19)28(33)25-21-12-4-5-13-22(21)27(32)31(16-17-34-3)26(25)23-18-29(2)24-14-7-6-11-20(23)24/h4-7,11-14,18-19,25-26H,8-10,15-17H2,1-3H3. The van der Waals surface area contributed by atoms with Crippen LogP contribution in [0.15, 0.2) is 54.7 Å². The highest BCUT2D eigenvalue weighted by Crippen LogP contribution is 2.46. The van der Waals surface area contributed by atoms with Gasteiger partial charge in [0.25, 0.3) is 5.91 Å². The van der Waals surface area contributed by atoms with Gasteiger partial charge < -0.3 is 19.1 Å². The molecule has 0 saturated carbocycles. The Morgan fingerprint density at radius 1 is 1.06 bits per heavy atom. The summed E-state index contributed by atoms with van der Waals surface area (Å²) in [5.74, 6) is -0.383. The number of rotatable bonds is 5. The molecule has 5 rings (SSSR count). The van der Waals surface area contributed by atoms with Crippen molar-refractivity contribution in [1.82, 2.24) is 14.4 Å². The summed E-state index contributed by atoms with van der Waals surface area (Å²) < 4.78 is 7.48. The van der Waals surface area contributed by atoms with Crippen LogP contribution >= 0.6 is 0 Å². The Labute approximate surface area is 201 Å². The summed E-state index contributed by atoms with van der Waals surface area (Å²) in [6, 6.07) is 15.7. The Morgan fingerprint density at radius 2 is 1.82 bits per heavy atom. The number of nitrogens with zero attached hydrogens (tertiary/aromatic N) is 3. The summed E-state index contributed by atoms with van der Waals surface area (Å²) in [4.78, 5) is 32.0. The highest BCUT2D eigenvalue weighted by atomic mass is 16.5. The van der Waals surface area contributed by atoms with Crippen LogP contribution in [0.2, 0.25) is 0 Å². The molecule has 3 heterocycles. The van der Waals surface area contributed by atoms with Gasteiger partial charge in [0, 0.05) is 61.5 Å². The monoisotopic (exact) mass is 459 g/mol. The van der Waals surface area contributed by atoms with Gasteiger partial charge in [0.2, 0.25) is 5.91 Å². The van der Waals surface area contributed by atoms with Crippen molar-refractivity contribution in [2.75, 3.05) is 26.8 Å². The first-order valence-electron chi connectivity index (χ1n) is 12.3. The molecule has 0 aliphatic carbocycles. The van der Waals surface area contributed by atoms with Crippen LogP contribution in [0.3, 0.4) is 0 Å². The molecule has 3 atom stereocenters. The second kappa shape index (κ2) is 9.26. The lowest BCUT2D eigenvalue weighted by Gasteiger charge is -2.44. The van der Waals surface area contributed by atoms with Gasteiger partial charge in [0.15, 0.2) is 0 Å². The van der Waals surface area contributed by atoms with Gasteiger partial charge >= 0.3 is 0 Å². The van der Waals surface area contributed by atoms with Crippen LogP contribution in [-0.2, 0) is 16.6 Å². The molecule has 3 aromatic rings. The molecule has 1 saturated heterocycles. The second-order valence-electron chi connectivity index (χ2n) is 9.59. The average molecular weight is 460 g/mol. The molecule has 2 amide bonds. The SMILES string of the molecule is COCCN1C(=O)c2ccccc2C(C(=O)N2CCCCC2C)C1c1cn(C)c2ccccc12. The van der Waals surface area contributed by atoms with E-state index in [4.69, 9.17) is 4.74 Å². The van der Waals surface area contributed by atoms with Gasteiger partial charge in [-0.05, 0) is 43.9 Å². The molecule has 2 aliphatic heterocycles. The molecule has 1 fully saturated rings. The molecule has 34 heavy (non-hydrogen) atoms. The minimum Gasteiger partial charge on any atom is -0.383 e. The molecular weight excluding hydrogens is 426 g/mol. The predicted molar refractivity (Wildman–Crippen MR) is 133 cm³/mol. The maximum Gasteiger partial charge on any atom is 0.254 e. The Kier molecular flexibility index (Phi) is 6.17. The van der Waals surface area contributed by atoms with Crippen LogP contribution in [0.5, 0.6) is 0 Å². The maximum absolute atomic E-state index is 14.3. The fraction of sp³-hybridized carbons (Fsp3) is 0.429. The van der Waals surface area contributed by atoms with Gasteiger partial charge in [-0.25, -0.2) is 0 Å². The molecule has 0 radical (unpaired) electrons. The van der Waals surface area contributed by atoms with Crippen molar-refractivity contribution in [1.29, 1.82) is 0 Å². The summed E-state index contributed by atoms with van der Waals surface area (Å²) in [6.45, 7) is 3.76. The summed E-state index contributed by atoms with van der Waals surface area (Å²) >= 11 is 0. The zero-order valence-corrected chi connectivity index (χ0v) is 20.2. The smallest absolute Gasteiger partial charge is 0.254 e. The Bertz CT molecular complexity index is 1220. The van der Waals surface area contributed by atoms with Gasteiger partial charge in [-0.3, -0.25) is 9.59 Å². The number of aromatic nitrogens is 1. The minimum absolute atomic E-state index is 0.0404. The number of likely N-dealkylation sites (tertiary alicyclic amines) is 1. The number of amides is 2. The van der Waals surface area contributed by atoms with Crippen LogP contribution in [0.1, 0.15) is 59.6 Å². The summed E-state index contributed by atoms with van der Waals surface area (Å²) in [6.07, 6.45) is 5.29. The number of methoxy groups -OCH3 is 1. The van der Waals surface area contributed by atoms with Gasteiger partial charge in [-0.1, -0.05) is 36.4 Å². The topological polar surface area (TPSA) is 54.8 Å². The number of para-hydroxylation sites is 1. The number of benzene rings is 2. The maximum atomic E-state index is 14.3. The van der Waals surface area contributed by atoms with Crippen LogP contribution in [0.25, 0.3) is 10.9 Å². The third-order valence-electron chi connectivity index (χ3n) is 7.57. The highest BCUT2D eigenvalue weighted by Gasteiger charge is 2.46. The van der Waals surface area contributed by atoms with Gasteiger partial charge in [0.05, 0.1) is 18.6 Å². The van der Waals surface area contributed by atoms with E-state index in [0.29, 0.717) is 18.7 Å². The van der Waals surface area contributed by atoms with E-state index in [-0.39, 0.29) is 17.9 Å². The largest absolute Gasteiger partial charge is 0.383 e. The van der Waals surface area contributed by atoms with E-state index < -0.39 is 12.0 Å².